The van der Waals surface area contributed by atoms with Gasteiger partial charge in [0, 0.05) is 18.0 Å². The Bertz CT molecular complexity index is 994. The molecular formula is C21H26N4O4. The van der Waals surface area contributed by atoms with Crippen molar-refractivity contribution in [2.45, 2.75) is 19.9 Å². The normalized spacial score (nSPS) is 10.6. The van der Waals surface area contributed by atoms with Crippen molar-refractivity contribution in [1.82, 2.24) is 9.97 Å². The molecule has 3 aromatic rings. The van der Waals surface area contributed by atoms with Crippen molar-refractivity contribution in [3.63, 3.8) is 0 Å². The fourth-order valence-corrected chi connectivity index (χ4v) is 2.89. The van der Waals surface area contributed by atoms with E-state index in [1.165, 1.54) is 0 Å². The molecule has 3 N–H and O–H groups in total. The molecule has 0 atom stereocenters. The highest BCUT2D eigenvalue weighted by Crippen LogP contribution is 2.34. The minimum atomic E-state index is 0.361. The van der Waals surface area contributed by atoms with Gasteiger partial charge in [0.05, 0.1) is 33.5 Å². The van der Waals surface area contributed by atoms with Crippen LogP contribution >= 0.6 is 0 Å². The molecule has 0 radical (unpaired) electrons. The van der Waals surface area contributed by atoms with Crippen molar-refractivity contribution in [2.24, 2.45) is 0 Å². The Morgan fingerprint density at radius 3 is 2.28 bits per heavy atom. The molecule has 1 heterocycles. The van der Waals surface area contributed by atoms with Gasteiger partial charge in [-0.15, -0.1) is 0 Å². The number of nitrogens with two attached hydrogens (primary N) is 1. The average Bonchev–Trinajstić information content (AvgIpc) is 2.75. The predicted octanol–water partition coefficient (Wildman–Crippen LogP) is 3.64. The zero-order chi connectivity index (χ0) is 20.8. The molecule has 0 unspecified atom stereocenters. The lowest BCUT2D eigenvalue weighted by atomic mass is 10.2. The number of nitrogens with one attached hydrogen (secondary N) is 1. The van der Waals surface area contributed by atoms with Crippen molar-refractivity contribution < 1.29 is 18.9 Å². The number of rotatable bonds is 9. The fourth-order valence-electron chi connectivity index (χ4n) is 2.89. The van der Waals surface area contributed by atoms with E-state index in [1.807, 2.05) is 18.2 Å². The predicted molar refractivity (Wildman–Crippen MR) is 113 cm³/mol. The smallest absolute Gasteiger partial charge is 0.225 e. The highest BCUT2D eigenvalue weighted by atomic mass is 16.5. The zero-order valence-electron chi connectivity index (χ0n) is 17.1. The Kier molecular flexibility index (Phi) is 6.43. The molecule has 0 aliphatic heterocycles. The number of hydrogen-bond donors (Lipinski definition) is 2. The highest BCUT2D eigenvalue weighted by Gasteiger charge is 2.12. The van der Waals surface area contributed by atoms with E-state index in [4.69, 9.17) is 24.7 Å². The van der Waals surface area contributed by atoms with Crippen LogP contribution in [0.1, 0.15) is 18.9 Å². The second-order valence-corrected chi connectivity index (χ2v) is 6.34. The molecule has 0 spiro atoms. The fraction of sp³-hybridized carbons (Fsp3) is 0.333. The Labute approximate surface area is 170 Å². The van der Waals surface area contributed by atoms with Crippen molar-refractivity contribution in [2.75, 3.05) is 39.0 Å². The first-order chi connectivity index (χ1) is 14.1. The number of aromatic nitrogens is 2. The summed E-state index contributed by atoms with van der Waals surface area (Å²) in [5.41, 5.74) is 7.79. The Morgan fingerprint density at radius 2 is 1.59 bits per heavy atom. The molecule has 1 aromatic heterocycles. The summed E-state index contributed by atoms with van der Waals surface area (Å²) in [5.74, 6) is 3.36. The van der Waals surface area contributed by atoms with Gasteiger partial charge in [0.25, 0.3) is 0 Å². The number of fused-ring (bicyclic) bond motifs is 1. The van der Waals surface area contributed by atoms with Crippen LogP contribution in [0, 0.1) is 0 Å². The topological polar surface area (TPSA) is 101 Å². The Balaban J connectivity index is 1.81. The van der Waals surface area contributed by atoms with Crippen LogP contribution in [0.25, 0.3) is 10.9 Å². The first kappa shape index (κ1) is 20.3. The summed E-state index contributed by atoms with van der Waals surface area (Å²) in [5, 5.41) is 3.90. The molecule has 0 amide bonds. The number of nitrogens with zero attached hydrogens (tertiary/aromatic N) is 2. The van der Waals surface area contributed by atoms with Gasteiger partial charge in [-0.05, 0) is 30.2 Å². The van der Waals surface area contributed by atoms with Crippen molar-refractivity contribution in [3.05, 3.63) is 35.9 Å². The molecule has 154 valence electrons. The summed E-state index contributed by atoms with van der Waals surface area (Å²) in [6.45, 7) is 3.21. The summed E-state index contributed by atoms with van der Waals surface area (Å²) < 4.78 is 21.8. The highest BCUT2D eigenvalue weighted by molar-refractivity contribution is 5.91. The van der Waals surface area contributed by atoms with Crippen molar-refractivity contribution >= 4 is 22.7 Å². The lowest BCUT2D eigenvalue weighted by molar-refractivity contribution is 0.294. The third-order valence-corrected chi connectivity index (χ3v) is 4.37. The number of methoxy groups -OCH3 is 3. The minimum Gasteiger partial charge on any atom is -0.493 e. The Morgan fingerprint density at radius 1 is 0.897 bits per heavy atom. The van der Waals surface area contributed by atoms with Gasteiger partial charge in [0.2, 0.25) is 5.95 Å². The average molecular weight is 398 g/mol. The van der Waals surface area contributed by atoms with E-state index < -0.39 is 0 Å². The Hall–Kier alpha value is -3.42. The van der Waals surface area contributed by atoms with Crippen LogP contribution in [0.5, 0.6) is 23.0 Å². The quantitative estimate of drug-likeness (QED) is 0.563. The maximum absolute atomic E-state index is 6.13. The SMILES string of the molecule is CCCOc1ccc(CNc2nc(N)c3cc(OC)c(OC)cc3n2)cc1OC. The minimum absolute atomic E-state index is 0.361. The van der Waals surface area contributed by atoms with Gasteiger partial charge >= 0.3 is 0 Å². The molecule has 0 fully saturated rings. The van der Waals surface area contributed by atoms with E-state index in [-0.39, 0.29) is 0 Å². The lowest BCUT2D eigenvalue weighted by Gasteiger charge is -2.13. The second-order valence-electron chi connectivity index (χ2n) is 6.34. The van der Waals surface area contributed by atoms with Crippen molar-refractivity contribution in [1.29, 1.82) is 0 Å². The van der Waals surface area contributed by atoms with Gasteiger partial charge in [0.1, 0.15) is 5.82 Å². The van der Waals surface area contributed by atoms with Crippen LogP contribution < -0.4 is 30.0 Å². The van der Waals surface area contributed by atoms with E-state index in [2.05, 4.69) is 22.2 Å². The van der Waals surface area contributed by atoms with E-state index >= 15 is 0 Å². The molecule has 8 heteroatoms. The van der Waals surface area contributed by atoms with Crippen LogP contribution in [0.2, 0.25) is 0 Å². The van der Waals surface area contributed by atoms with E-state index in [0.29, 0.717) is 53.1 Å². The van der Waals surface area contributed by atoms with Crippen LogP contribution in [0.15, 0.2) is 30.3 Å². The van der Waals surface area contributed by atoms with Gasteiger partial charge in [-0.2, -0.15) is 4.98 Å². The van der Waals surface area contributed by atoms with Gasteiger partial charge < -0.3 is 30.0 Å². The molecular weight excluding hydrogens is 372 g/mol. The van der Waals surface area contributed by atoms with Gasteiger partial charge in [-0.1, -0.05) is 13.0 Å². The number of benzene rings is 2. The summed E-state index contributed by atoms with van der Waals surface area (Å²) >= 11 is 0. The monoisotopic (exact) mass is 398 g/mol. The molecule has 0 bridgehead atoms. The van der Waals surface area contributed by atoms with Crippen molar-refractivity contribution in [3.8, 4) is 23.0 Å². The van der Waals surface area contributed by atoms with E-state index in [1.54, 1.807) is 33.5 Å². The standard InChI is InChI=1S/C21H26N4O4/c1-5-8-29-16-7-6-13(9-17(16)26-2)12-23-21-24-15-11-19(28-4)18(27-3)10-14(15)20(22)25-21/h6-7,9-11H,5,8,12H2,1-4H3,(H3,22,23,24,25). The van der Waals surface area contributed by atoms with Gasteiger partial charge in [0.15, 0.2) is 23.0 Å². The zero-order valence-corrected chi connectivity index (χ0v) is 17.1. The molecule has 8 nitrogen and oxygen atoms in total. The molecule has 0 saturated heterocycles. The number of hydrogen-bond acceptors (Lipinski definition) is 8. The molecule has 3 rings (SSSR count). The van der Waals surface area contributed by atoms with Crippen LogP contribution in [-0.4, -0.2) is 37.9 Å². The maximum atomic E-state index is 6.13. The maximum Gasteiger partial charge on any atom is 0.225 e. The molecule has 0 aliphatic rings. The third kappa shape index (κ3) is 4.53. The van der Waals surface area contributed by atoms with E-state index in [0.717, 1.165) is 17.7 Å². The van der Waals surface area contributed by atoms with Crippen LogP contribution in [0.3, 0.4) is 0 Å². The number of anilines is 2. The lowest BCUT2D eigenvalue weighted by Crippen LogP contribution is -2.07. The molecule has 0 aliphatic carbocycles. The second kappa shape index (κ2) is 9.18. The first-order valence-corrected chi connectivity index (χ1v) is 9.32. The van der Waals surface area contributed by atoms with E-state index in [9.17, 15) is 0 Å². The summed E-state index contributed by atoms with van der Waals surface area (Å²) in [6, 6.07) is 9.35. The number of ether oxygens (including phenoxy) is 4. The van der Waals surface area contributed by atoms with Crippen LogP contribution in [0.4, 0.5) is 11.8 Å². The van der Waals surface area contributed by atoms with Gasteiger partial charge in [-0.25, -0.2) is 4.98 Å². The molecule has 2 aromatic carbocycles. The summed E-state index contributed by atoms with van der Waals surface area (Å²) in [7, 11) is 4.78. The molecule has 29 heavy (non-hydrogen) atoms. The summed E-state index contributed by atoms with van der Waals surface area (Å²) in [6.07, 6.45) is 0.934. The largest absolute Gasteiger partial charge is 0.493 e. The number of nitrogen functional groups attached to an aromatic ring is 1. The molecule has 0 saturated carbocycles. The summed E-state index contributed by atoms with van der Waals surface area (Å²) in [4.78, 5) is 8.89. The third-order valence-electron chi connectivity index (χ3n) is 4.37. The van der Waals surface area contributed by atoms with Crippen LogP contribution in [-0.2, 0) is 6.54 Å². The first-order valence-electron chi connectivity index (χ1n) is 9.32. The van der Waals surface area contributed by atoms with Gasteiger partial charge in [-0.3, -0.25) is 0 Å².